The van der Waals surface area contributed by atoms with Gasteiger partial charge in [-0.3, -0.25) is 4.68 Å². The number of aryl methyl sites for hydroxylation is 2. The van der Waals surface area contributed by atoms with Crippen LogP contribution in [0.5, 0.6) is 0 Å². The molecule has 1 N–H and O–H groups in total. The number of nitrogens with one attached hydrogen (secondary N) is 1. The van der Waals surface area contributed by atoms with Gasteiger partial charge < -0.3 is 5.32 Å². The Balaban J connectivity index is 2.18. The standard InChI is InChI=1S/C12H20ClN3/c1-4-16-11(12(13)8(2)15-16)7-10(14-3)9-5-6-9/h9-10,14H,4-7H2,1-3H3. The van der Waals surface area contributed by atoms with Gasteiger partial charge >= 0.3 is 0 Å². The maximum Gasteiger partial charge on any atom is 0.0847 e. The third-order valence-electron chi connectivity index (χ3n) is 3.43. The highest BCUT2D eigenvalue weighted by molar-refractivity contribution is 6.31. The molecule has 90 valence electrons. The molecule has 1 aliphatic carbocycles. The third kappa shape index (κ3) is 2.25. The Morgan fingerprint density at radius 3 is 2.75 bits per heavy atom. The van der Waals surface area contributed by atoms with Crippen LogP contribution in [0.4, 0.5) is 0 Å². The molecule has 2 rings (SSSR count). The fraction of sp³-hybridized carbons (Fsp3) is 0.750. The van der Waals surface area contributed by atoms with Crippen LogP contribution in [0.15, 0.2) is 0 Å². The van der Waals surface area contributed by atoms with Gasteiger partial charge in [0.2, 0.25) is 0 Å². The smallest absolute Gasteiger partial charge is 0.0847 e. The number of hydrogen-bond acceptors (Lipinski definition) is 2. The van der Waals surface area contributed by atoms with E-state index in [1.807, 2.05) is 18.7 Å². The molecule has 0 amide bonds. The Kier molecular flexibility index (Phi) is 3.55. The highest BCUT2D eigenvalue weighted by Crippen LogP contribution is 2.35. The molecule has 1 unspecified atom stereocenters. The van der Waals surface area contributed by atoms with Crippen molar-refractivity contribution >= 4 is 11.6 Å². The second kappa shape index (κ2) is 4.76. The van der Waals surface area contributed by atoms with Gasteiger partial charge in [-0.2, -0.15) is 5.10 Å². The lowest BCUT2D eigenvalue weighted by Crippen LogP contribution is -2.30. The topological polar surface area (TPSA) is 29.9 Å². The molecule has 0 aliphatic heterocycles. The molecule has 1 atom stereocenters. The van der Waals surface area contributed by atoms with Gasteiger partial charge in [0.25, 0.3) is 0 Å². The average molecular weight is 242 g/mol. The number of rotatable bonds is 5. The minimum absolute atomic E-state index is 0.555. The normalized spacial score (nSPS) is 17.8. The van der Waals surface area contributed by atoms with E-state index < -0.39 is 0 Å². The van der Waals surface area contributed by atoms with E-state index in [1.54, 1.807) is 0 Å². The van der Waals surface area contributed by atoms with Crippen LogP contribution in [0.25, 0.3) is 0 Å². The van der Waals surface area contributed by atoms with Crippen LogP contribution in [0.2, 0.25) is 5.02 Å². The summed E-state index contributed by atoms with van der Waals surface area (Å²) in [5, 5.41) is 8.70. The first kappa shape index (κ1) is 11.9. The van der Waals surface area contributed by atoms with E-state index in [0.717, 1.165) is 29.6 Å². The van der Waals surface area contributed by atoms with E-state index in [-0.39, 0.29) is 0 Å². The van der Waals surface area contributed by atoms with Crippen LogP contribution in [0, 0.1) is 12.8 Å². The van der Waals surface area contributed by atoms with Gasteiger partial charge in [-0.25, -0.2) is 0 Å². The zero-order valence-corrected chi connectivity index (χ0v) is 11.0. The Hall–Kier alpha value is -0.540. The molecule has 16 heavy (non-hydrogen) atoms. The summed E-state index contributed by atoms with van der Waals surface area (Å²) in [6.45, 7) is 4.98. The molecule has 1 fully saturated rings. The van der Waals surface area contributed by atoms with Gasteiger partial charge in [-0.15, -0.1) is 0 Å². The fourth-order valence-electron chi connectivity index (χ4n) is 2.28. The summed E-state index contributed by atoms with van der Waals surface area (Å²) in [5.41, 5.74) is 2.14. The van der Waals surface area contributed by atoms with Gasteiger partial charge in [0.1, 0.15) is 0 Å². The summed E-state index contributed by atoms with van der Waals surface area (Å²) in [5.74, 6) is 0.835. The summed E-state index contributed by atoms with van der Waals surface area (Å²) in [7, 11) is 2.04. The molecule has 0 bridgehead atoms. The molecular weight excluding hydrogens is 222 g/mol. The summed E-state index contributed by atoms with van der Waals surface area (Å²) in [4.78, 5) is 0. The minimum atomic E-state index is 0.555. The van der Waals surface area contributed by atoms with E-state index in [1.165, 1.54) is 18.5 Å². The highest BCUT2D eigenvalue weighted by atomic mass is 35.5. The van der Waals surface area contributed by atoms with Crippen LogP contribution in [-0.2, 0) is 13.0 Å². The quantitative estimate of drug-likeness (QED) is 0.858. The lowest BCUT2D eigenvalue weighted by molar-refractivity contribution is 0.477. The van der Waals surface area contributed by atoms with Crippen molar-refractivity contribution < 1.29 is 0 Å². The lowest BCUT2D eigenvalue weighted by atomic mass is 10.1. The minimum Gasteiger partial charge on any atom is -0.316 e. The van der Waals surface area contributed by atoms with Crippen LogP contribution < -0.4 is 5.32 Å². The molecule has 0 radical (unpaired) electrons. The van der Waals surface area contributed by atoms with Crippen LogP contribution >= 0.6 is 11.6 Å². The second-order valence-electron chi connectivity index (χ2n) is 4.60. The Bertz CT molecular complexity index is 369. The van der Waals surface area contributed by atoms with Gasteiger partial charge in [-0.05, 0) is 39.7 Å². The summed E-state index contributed by atoms with van der Waals surface area (Å²) >= 11 is 6.31. The Morgan fingerprint density at radius 2 is 2.25 bits per heavy atom. The first-order valence-electron chi connectivity index (χ1n) is 6.06. The van der Waals surface area contributed by atoms with E-state index in [2.05, 4.69) is 17.3 Å². The second-order valence-corrected chi connectivity index (χ2v) is 4.98. The highest BCUT2D eigenvalue weighted by Gasteiger charge is 2.31. The van der Waals surface area contributed by atoms with Gasteiger partial charge in [0, 0.05) is 19.0 Å². The van der Waals surface area contributed by atoms with E-state index in [9.17, 15) is 0 Å². The molecule has 1 aromatic heterocycles. The van der Waals surface area contributed by atoms with Gasteiger partial charge in [0.15, 0.2) is 0 Å². The largest absolute Gasteiger partial charge is 0.316 e. The molecular formula is C12H20ClN3. The van der Waals surface area contributed by atoms with Crippen molar-refractivity contribution in [1.29, 1.82) is 0 Å². The van der Waals surface area contributed by atoms with E-state index in [4.69, 9.17) is 11.6 Å². The average Bonchev–Trinajstić information content (AvgIpc) is 3.07. The maximum absolute atomic E-state index is 6.31. The Labute approximate surface area is 102 Å². The monoisotopic (exact) mass is 241 g/mol. The summed E-state index contributed by atoms with van der Waals surface area (Å²) in [6.07, 6.45) is 3.69. The molecule has 1 heterocycles. The first-order chi connectivity index (χ1) is 7.67. The number of aromatic nitrogens is 2. The van der Waals surface area contributed by atoms with Crippen LogP contribution in [0.3, 0.4) is 0 Å². The van der Waals surface area contributed by atoms with Gasteiger partial charge in [-0.1, -0.05) is 11.6 Å². The van der Waals surface area contributed by atoms with Crippen LogP contribution in [-0.4, -0.2) is 22.9 Å². The maximum atomic E-state index is 6.31. The van der Waals surface area contributed by atoms with E-state index in [0.29, 0.717) is 6.04 Å². The zero-order valence-electron chi connectivity index (χ0n) is 10.3. The van der Waals surface area contributed by atoms with Crippen molar-refractivity contribution in [2.75, 3.05) is 7.05 Å². The number of hydrogen-bond donors (Lipinski definition) is 1. The lowest BCUT2D eigenvalue weighted by Gasteiger charge is -2.16. The summed E-state index contributed by atoms with van der Waals surface area (Å²) in [6, 6.07) is 0.555. The third-order valence-corrected chi connectivity index (χ3v) is 3.92. The SMILES string of the molecule is CCn1nc(C)c(Cl)c1CC(NC)C1CC1. The van der Waals surface area contributed by atoms with Crippen LogP contribution in [0.1, 0.15) is 31.2 Å². The van der Waals surface area contributed by atoms with Crippen molar-refractivity contribution in [1.82, 2.24) is 15.1 Å². The van der Waals surface area contributed by atoms with Gasteiger partial charge in [0.05, 0.1) is 16.4 Å². The van der Waals surface area contributed by atoms with E-state index >= 15 is 0 Å². The molecule has 3 nitrogen and oxygen atoms in total. The number of halogens is 1. The van der Waals surface area contributed by atoms with Crippen molar-refractivity contribution in [2.45, 2.75) is 45.7 Å². The van der Waals surface area contributed by atoms with Crippen molar-refractivity contribution in [3.8, 4) is 0 Å². The molecule has 4 heteroatoms. The summed E-state index contributed by atoms with van der Waals surface area (Å²) < 4.78 is 2.03. The molecule has 1 aliphatic rings. The van der Waals surface area contributed by atoms with Crippen molar-refractivity contribution in [3.63, 3.8) is 0 Å². The van der Waals surface area contributed by atoms with Crippen molar-refractivity contribution in [3.05, 3.63) is 16.4 Å². The zero-order chi connectivity index (χ0) is 11.7. The Morgan fingerprint density at radius 1 is 1.56 bits per heavy atom. The molecule has 0 aromatic carbocycles. The predicted molar refractivity (Wildman–Crippen MR) is 66.9 cm³/mol. The number of nitrogens with zero attached hydrogens (tertiary/aromatic N) is 2. The predicted octanol–water partition coefficient (Wildman–Crippen LogP) is 2.41. The first-order valence-corrected chi connectivity index (χ1v) is 6.44. The molecule has 1 saturated carbocycles. The fourth-order valence-corrected chi connectivity index (χ4v) is 2.49. The molecule has 0 spiro atoms. The number of likely N-dealkylation sites (N-methyl/N-ethyl adjacent to an activating group) is 1. The van der Waals surface area contributed by atoms with Crippen molar-refractivity contribution in [2.24, 2.45) is 5.92 Å². The molecule has 1 aromatic rings. The molecule has 0 saturated heterocycles.